The Labute approximate surface area is 130 Å². The third-order valence-corrected chi connectivity index (χ3v) is 3.69. The van der Waals surface area contributed by atoms with Gasteiger partial charge in [0.25, 0.3) is 5.92 Å². The van der Waals surface area contributed by atoms with Gasteiger partial charge in [-0.05, 0) is 5.56 Å². The number of carbonyl (C=O) groups is 1. The number of halogens is 2. The van der Waals surface area contributed by atoms with Gasteiger partial charge in [0.05, 0.1) is 6.54 Å². The van der Waals surface area contributed by atoms with Gasteiger partial charge >= 0.3 is 6.03 Å². The molecule has 0 fully saturated rings. The minimum atomic E-state index is -3.35. The first kappa shape index (κ1) is 16.3. The van der Waals surface area contributed by atoms with Crippen LogP contribution >= 0.6 is 11.3 Å². The maximum absolute atomic E-state index is 12.9. The molecule has 0 saturated carbocycles. The summed E-state index contributed by atoms with van der Waals surface area (Å²) in [4.78, 5) is 16.0. The number of amides is 2. The number of aromatic nitrogens is 1. The van der Waals surface area contributed by atoms with Gasteiger partial charge in [0.1, 0.15) is 17.7 Å². The van der Waals surface area contributed by atoms with Gasteiger partial charge in [-0.15, -0.1) is 11.3 Å². The highest BCUT2D eigenvalue weighted by molar-refractivity contribution is 7.09. The standard InChI is InChI=1S/C14H15F2N3O2S/c15-14(16,9-20)8-18-13(21)19-11(12-17-6-7-22-12)10-4-2-1-3-5-10/h1-7,11,20H,8-9H2,(H2,18,19,21). The zero-order chi connectivity index (χ0) is 16.0. The molecule has 22 heavy (non-hydrogen) atoms. The summed E-state index contributed by atoms with van der Waals surface area (Å²) in [5, 5.41) is 15.6. The van der Waals surface area contributed by atoms with Crippen LogP contribution in [0.25, 0.3) is 0 Å². The van der Waals surface area contributed by atoms with E-state index in [0.717, 1.165) is 5.56 Å². The van der Waals surface area contributed by atoms with Crippen LogP contribution in [0.5, 0.6) is 0 Å². The van der Waals surface area contributed by atoms with Crippen molar-refractivity contribution in [2.75, 3.05) is 13.2 Å². The summed E-state index contributed by atoms with van der Waals surface area (Å²) < 4.78 is 25.9. The highest BCUT2D eigenvalue weighted by atomic mass is 32.1. The topological polar surface area (TPSA) is 74.2 Å². The maximum Gasteiger partial charge on any atom is 0.315 e. The predicted octanol–water partition coefficient (Wildman–Crippen LogP) is 2.16. The number of hydrogen-bond acceptors (Lipinski definition) is 4. The Morgan fingerprint density at radius 1 is 1.36 bits per heavy atom. The molecule has 3 N–H and O–H groups in total. The summed E-state index contributed by atoms with van der Waals surface area (Å²) in [6.07, 6.45) is 1.61. The van der Waals surface area contributed by atoms with E-state index in [9.17, 15) is 13.6 Å². The molecule has 1 atom stereocenters. The molecule has 118 valence electrons. The van der Waals surface area contributed by atoms with Gasteiger partial charge in [0, 0.05) is 11.6 Å². The summed E-state index contributed by atoms with van der Waals surface area (Å²) in [6.45, 7) is -2.25. The first-order valence-corrected chi connectivity index (χ1v) is 7.37. The molecule has 2 amide bonds. The number of hydrogen-bond donors (Lipinski definition) is 3. The molecular weight excluding hydrogens is 312 g/mol. The number of nitrogens with zero attached hydrogens (tertiary/aromatic N) is 1. The van der Waals surface area contributed by atoms with Crippen molar-refractivity contribution in [1.29, 1.82) is 0 Å². The normalized spacial score (nSPS) is 12.7. The number of alkyl halides is 2. The lowest BCUT2D eigenvalue weighted by molar-refractivity contribution is -0.0454. The van der Waals surface area contributed by atoms with Crippen molar-refractivity contribution in [2.45, 2.75) is 12.0 Å². The number of nitrogens with one attached hydrogen (secondary N) is 2. The fraction of sp³-hybridized carbons (Fsp3) is 0.286. The Bertz CT molecular complexity index is 593. The van der Waals surface area contributed by atoms with Crippen LogP contribution in [0.3, 0.4) is 0 Å². The van der Waals surface area contributed by atoms with E-state index < -0.39 is 31.1 Å². The van der Waals surface area contributed by atoms with Gasteiger partial charge in [-0.2, -0.15) is 0 Å². The van der Waals surface area contributed by atoms with Crippen LogP contribution in [0, 0.1) is 0 Å². The van der Waals surface area contributed by atoms with Crippen molar-refractivity contribution in [1.82, 2.24) is 15.6 Å². The zero-order valence-electron chi connectivity index (χ0n) is 11.5. The Balaban J connectivity index is 2.06. The molecule has 1 aromatic heterocycles. The summed E-state index contributed by atoms with van der Waals surface area (Å²) in [6, 6.07) is 7.82. The van der Waals surface area contributed by atoms with E-state index in [1.54, 1.807) is 11.6 Å². The highest BCUT2D eigenvalue weighted by Crippen LogP contribution is 2.23. The first-order chi connectivity index (χ1) is 10.5. The van der Waals surface area contributed by atoms with E-state index in [-0.39, 0.29) is 0 Å². The quantitative estimate of drug-likeness (QED) is 0.761. The molecule has 0 radical (unpaired) electrons. The Morgan fingerprint density at radius 3 is 2.68 bits per heavy atom. The van der Waals surface area contributed by atoms with Crippen LogP contribution in [0.15, 0.2) is 41.9 Å². The van der Waals surface area contributed by atoms with Crippen LogP contribution in [-0.4, -0.2) is 35.2 Å². The molecule has 0 saturated heterocycles. The summed E-state index contributed by atoms with van der Waals surface area (Å²) in [5.74, 6) is -3.35. The number of aliphatic hydroxyl groups excluding tert-OH is 1. The summed E-state index contributed by atoms with van der Waals surface area (Å²) in [5.41, 5.74) is 0.793. The number of rotatable bonds is 6. The van der Waals surface area contributed by atoms with Crippen LogP contribution in [0.2, 0.25) is 0 Å². The second-order valence-electron chi connectivity index (χ2n) is 4.56. The van der Waals surface area contributed by atoms with Crippen LogP contribution in [0.4, 0.5) is 13.6 Å². The minimum Gasteiger partial charge on any atom is -0.390 e. The van der Waals surface area contributed by atoms with Crippen LogP contribution in [0.1, 0.15) is 16.6 Å². The minimum absolute atomic E-state index is 0.524. The molecule has 1 unspecified atom stereocenters. The molecule has 2 aromatic rings. The van der Waals surface area contributed by atoms with Gasteiger partial charge in [-0.1, -0.05) is 30.3 Å². The lowest BCUT2D eigenvalue weighted by Gasteiger charge is -2.19. The average molecular weight is 327 g/mol. The van der Waals surface area contributed by atoms with Crippen molar-refractivity contribution < 1.29 is 18.7 Å². The van der Waals surface area contributed by atoms with Crippen molar-refractivity contribution in [3.63, 3.8) is 0 Å². The van der Waals surface area contributed by atoms with Crippen molar-refractivity contribution >= 4 is 17.4 Å². The molecule has 1 aromatic carbocycles. The van der Waals surface area contributed by atoms with Gasteiger partial charge < -0.3 is 15.7 Å². The second-order valence-corrected chi connectivity index (χ2v) is 5.48. The van der Waals surface area contributed by atoms with E-state index in [1.165, 1.54) is 11.3 Å². The second kappa shape index (κ2) is 7.28. The Morgan fingerprint density at radius 2 is 2.09 bits per heavy atom. The monoisotopic (exact) mass is 327 g/mol. The zero-order valence-corrected chi connectivity index (χ0v) is 12.3. The van der Waals surface area contributed by atoms with Crippen LogP contribution in [-0.2, 0) is 0 Å². The highest BCUT2D eigenvalue weighted by Gasteiger charge is 2.29. The maximum atomic E-state index is 12.9. The third kappa shape index (κ3) is 4.47. The smallest absolute Gasteiger partial charge is 0.315 e. The van der Waals surface area contributed by atoms with E-state index in [2.05, 4.69) is 15.6 Å². The molecule has 5 nitrogen and oxygen atoms in total. The van der Waals surface area contributed by atoms with Gasteiger partial charge in [0.15, 0.2) is 0 Å². The molecule has 0 aliphatic heterocycles. The van der Waals surface area contributed by atoms with E-state index >= 15 is 0 Å². The Hall–Kier alpha value is -2.06. The van der Waals surface area contributed by atoms with Gasteiger partial charge in [0.2, 0.25) is 0 Å². The van der Waals surface area contributed by atoms with Gasteiger partial charge in [-0.3, -0.25) is 0 Å². The SMILES string of the molecule is O=C(NCC(F)(F)CO)NC(c1ccccc1)c1nccs1. The lowest BCUT2D eigenvalue weighted by atomic mass is 10.1. The third-order valence-electron chi connectivity index (χ3n) is 2.85. The number of benzene rings is 1. The van der Waals surface area contributed by atoms with Crippen LogP contribution < -0.4 is 10.6 Å². The fourth-order valence-electron chi connectivity index (χ4n) is 1.76. The molecule has 0 aliphatic rings. The van der Waals surface area contributed by atoms with Crippen molar-refractivity contribution in [3.05, 3.63) is 52.5 Å². The number of thiazole rings is 1. The molecule has 8 heteroatoms. The van der Waals surface area contributed by atoms with E-state index in [0.29, 0.717) is 5.01 Å². The molecule has 1 heterocycles. The molecule has 2 rings (SSSR count). The van der Waals surface area contributed by atoms with E-state index in [1.807, 2.05) is 30.3 Å². The lowest BCUT2D eigenvalue weighted by Crippen LogP contribution is -2.45. The largest absolute Gasteiger partial charge is 0.390 e. The average Bonchev–Trinajstić information content (AvgIpc) is 3.06. The fourth-order valence-corrected chi connectivity index (χ4v) is 2.47. The Kier molecular flexibility index (Phi) is 5.40. The first-order valence-electron chi connectivity index (χ1n) is 6.49. The van der Waals surface area contributed by atoms with E-state index in [4.69, 9.17) is 5.11 Å². The molecule has 0 aliphatic carbocycles. The van der Waals surface area contributed by atoms with Crippen molar-refractivity contribution in [3.8, 4) is 0 Å². The van der Waals surface area contributed by atoms with Gasteiger partial charge in [-0.25, -0.2) is 18.6 Å². The summed E-state index contributed by atoms with van der Waals surface area (Å²) >= 11 is 1.35. The predicted molar refractivity (Wildman–Crippen MR) is 79.0 cm³/mol. The summed E-state index contributed by atoms with van der Waals surface area (Å²) in [7, 11) is 0. The number of urea groups is 1. The number of carbonyl (C=O) groups excluding carboxylic acids is 1. The number of aliphatic hydroxyl groups is 1. The van der Waals surface area contributed by atoms with Crippen molar-refractivity contribution in [2.24, 2.45) is 0 Å². The molecular formula is C14H15F2N3O2S. The molecule has 0 spiro atoms. The molecule has 0 bridgehead atoms.